The van der Waals surface area contributed by atoms with Crippen LogP contribution in [0.15, 0.2) is 64.9 Å². The number of imide groups is 1. The topological polar surface area (TPSA) is 134 Å². The van der Waals surface area contributed by atoms with Gasteiger partial charge in [-0.15, -0.1) is 10.2 Å². The van der Waals surface area contributed by atoms with Gasteiger partial charge in [-0.1, -0.05) is 41.2 Å². The summed E-state index contributed by atoms with van der Waals surface area (Å²) in [4.78, 5) is 53.5. The smallest absolute Gasteiger partial charge is 0.285 e. The number of carbonyl (C=O) groups excluding carboxylic acids is 3. The number of hydrazone groups is 1. The first kappa shape index (κ1) is 28.4. The summed E-state index contributed by atoms with van der Waals surface area (Å²) in [6.45, 7) is 3.92. The van der Waals surface area contributed by atoms with Gasteiger partial charge in [-0.05, 0) is 49.7 Å². The number of nitrogens with zero attached hydrogens (tertiary/aromatic N) is 7. The zero-order valence-corrected chi connectivity index (χ0v) is 24.9. The van der Waals surface area contributed by atoms with Crippen molar-refractivity contribution in [1.82, 2.24) is 25.2 Å². The second-order valence-corrected chi connectivity index (χ2v) is 11.6. The summed E-state index contributed by atoms with van der Waals surface area (Å²) in [7, 11) is 3.95. The number of nitrogens with one attached hydrogen (secondary N) is 1. The molecule has 1 saturated heterocycles. The van der Waals surface area contributed by atoms with Crippen molar-refractivity contribution in [3.8, 4) is 0 Å². The van der Waals surface area contributed by atoms with E-state index in [2.05, 4.69) is 20.8 Å². The van der Waals surface area contributed by atoms with Crippen LogP contribution in [0, 0.1) is 13.8 Å². The minimum Gasteiger partial charge on any atom is -0.384 e. The number of hydroxylamine groups is 2. The number of thioether (sulfide) groups is 1. The maximum absolute atomic E-state index is 12.8. The number of rotatable bonds is 9. The molecular weight excluding hydrogens is 572 g/mol. The first-order valence-electron chi connectivity index (χ1n) is 13.6. The SMILES string of the molecule is Cc1cc(C)n(CC(=O)N/N=C2\SC3C(=NOC3c3ccc(N(C)C)cc3)N2CCON2C(=O)c3ccccc3C2=O)n1. The minimum atomic E-state index is -0.512. The quantitative estimate of drug-likeness (QED) is 0.290. The lowest BCUT2D eigenvalue weighted by Gasteiger charge is -2.19. The average Bonchev–Trinajstić information content (AvgIpc) is 3.71. The van der Waals surface area contributed by atoms with Gasteiger partial charge in [0.1, 0.15) is 11.8 Å². The molecule has 3 aliphatic rings. The van der Waals surface area contributed by atoms with E-state index < -0.39 is 11.8 Å². The van der Waals surface area contributed by atoms with Crippen molar-refractivity contribution >= 4 is 46.2 Å². The van der Waals surface area contributed by atoms with Crippen molar-refractivity contribution in [2.75, 3.05) is 32.1 Å². The van der Waals surface area contributed by atoms with Gasteiger partial charge in [0.2, 0.25) is 0 Å². The third-order valence-electron chi connectivity index (χ3n) is 7.23. The molecule has 3 amide bonds. The monoisotopic (exact) mass is 602 g/mol. The number of benzene rings is 2. The summed E-state index contributed by atoms with van der Waals surface area (Å²) in [6.07, 6.45) is -0.381. The molecule has 0 saturated carbocycles. The summed E-state index contributed by atoms with van der Waals surface area (Å²) in [5, 5.41) is 14.1. The van der Waals surface area contributed by atoms with Crippen molar-refractivity contribution in [2.45, 2.75) is 31.7 Å². The van der Waals surface area contributed by atoms with Crippen LogP contribution in [0.25, 0.3) is 0 Å². The van der Waals surface area contributed by atoms with E-state index in [1.165, 1.54) is 11.8 Å². The van der Waals surface area contributed by atoms with Crippen molar-refractivity contribution in [1.29, 1.82) is 0 Å². The number of aryl methyl sites for hydroxylation is 2. The number of hydrogen-bond acceptors (Lipinski definition) is 10. The molecule has 14 heteroatoms. The largest absolute Gasteiger partial charge is 0.384 e. The molecule has 6 rings (SSSR count). The Hall–Kier alpha value is -4.69. The fraction of sp³-hybridized carbons (Fsp3) is 0.310. The number of hydrogen-bond donors (Lipinski definition) is 1. The predicted molar refractivity (Wildman–Crippen MR) is 160 cm³/mol. The van der Waals surface area contributed by atoms with Crippen LogP contribution in [0.4, 0.5) is 5.69 Å². The highest BCUT2D eigenvalue weighted by molar-refractivity contribution is 8.15. The van der Waals surface area contributed by atoms with E-state index in [1.807, 2.05) is 63.2 Å². The standard InChI is InChI=1S/C29H30N8O5S/c1-17-15-18(2)36(32-17)16-23(38)30-31-29-35(13-14-41-37-27(39)21-7-5-6-8-22(21)28(37)40)26-25(43-29)24(42-33-26)19-9-11-20(12-10-19)34(3)4/h5-12,15,24-25H,13-14,16H2,1-4H3,(H,30,38)/b31-29-. The molecule has 0 bridgehead atoms. The second kappa shape index (κ2) is 11.5. The summed E-state index contributed by atoms with van der Waals surface area (Å²) < 4.78 is 1.61. The Morgan fingerprint density at radius 1 is 1.09 bits per heavy atom. The van der Waals surface area contributed by atoms with E-state index in [0.717, 1.165) is 27.7 Å². The fourth-order valence-electron chi connectivity index (χ4n) is 5.06. The zero-order chi connectivity index (χ0) is 30.2. The van der Waals surface area contributed by atoms with Gasteiger partial charge in [-0.2, -0.15) is 5.10 Å². The number of amidine groups is 2. The van der Waals surface area contributed by atoms with Crippen molar-refractivity contribution in [2.24, 2.45) is 10.3 Å². The van der Waals surface area contributed by atoms with E-state index >= 15 is 0 Å². The van der Waals surface area contributed by atoms with Crippen molar-refractivity contribution in [3.63, 3.8) is 0 Å². The molecule has 0 spiro atoms. The predicted octanol–water partition coefficient (Wildman–Crippen LogP) is 2.68. The number of amides is 3. The van der Waals surface area contributed by atoms with E-state index in [0.29, 0.717) is 22.1 Å². The second-order valence-electron chi connectivity index (χ2n) is 10.4. The number of anilines is 1. The van der Waals surface area contributed by atoms with Crippen LogP contribution >= 0.6 is 11.8 Å². The molecule has 0 radical (unpaired) electrons. The Kier molecular flexibility index (Phi) is 7.62. The van der Waals surface area contributed by atoms with Crippen LogP contribution in [0.5, 0.6) is 0 Å². The third-order valence-corrected chi connectivity index (χ3v) is 8.47. The molecular formula is C29H30N8O5S. The molecule has 4 heterocycles. The molecule has 3 aliphatic heterocycles. The van der Waals surface area contributed by atoms with Crippen LogP contribution < -0.4 is 10.3 Å². The Balaban J connectivity index is 1.18. The van der Waals surface area contributed by atoms with Crippen LogP contribution in [0.2, 0.25) is 0 Å². The Morgan fingerprint density at radius 2 is 1.79 bits per heavy atom. The highest BCUT2D eigenvalue weighted by Crippen LogP contribution is 2.43. The van der Waals surface area contributed by atoms with Gasteiger partial charge in [0, 0.05) is 25.5 Å². The van der Waals surface area contributed by atoms with Gasteiger partial charge in [-0.3, -0.25) is 23.9 Å². The number of aromatic nitrogens is 2. The molecule has 2 atom stereocenters. The van der Waals surface area contributed by atoms with Gasteiger partial charge in [0.15, 0.2) is 17.1 Å². The van der Waals surface area contributed by atoms with Crippen LogP contribution in [-0.4, -0.2) is 81.0 Å². The van der Waals surface area contributed by atoms with E-state index in [1.54, 1.807) is 33.8 Å². The summed E-state index contributed by atoms with van der Waals surface area (Å²) in [6, 6.07) is 16.5. The third kappa shape index (κ3) is 5.46. The number of fused-ring (bicyclic) bond motifs is 2. The molecule has 2 aromatic carbocycles. The minimum absolute atomic E-state index is 0.0122. The van der Waals surface area contributed by atoms with Crippen LogP contribution in [-0.2, 0) is 21.0 Å². The Bertz CT molecular complexity index is 1620. The molecule has 1 aromatic heterocycles. The maximum Gasteiger partial charge on any atom is 0.285 e. The van der Waals surface area contributed by atoms with Gasteiger partial charge >= 0.3 is 0 Å². The summed E-state index contributed by atoms with van der Waals surface area (Å²) in [5.41, 5.74) is 6.91. The Morgan fingerprint density at radius 3 is 2.42 bits per heavy atom. The van der Waals surface area contributed by atoms with Crippen molar-refractivity contribution < 1.29 is 24.1 Å². The normalized spacial score (nSPS) is 19.9. The lowest BCUT2D eigenvalue weighted by Crippen LogP contribution is -2.38. The molecule has 1 fully saturated rings. The first-order valence-corrected chi connectivity index (χ1v) is 14.5. The van der Waals surface area contributed by atoms with Gasteiger partial charge < -0.3 is 14.6 Å². The van der Waals surface area contributed by atoms with Gasteiger partial charge in [0.25, 0.3) is 17.7 Å². The lowest BCUT2D eigenvalue weighted by atomic mass is 10.1. The molecule has 13 nitrogen and oxygen atoms in total. The fourth-order valence-corrected chi connectivity index (χ4v) is 6.31. The van der Waals surface area contributed by atoms with E-state index in [-0.39, 0.29) is 37.0 Å². The van der Waals surface area contributed by atoms with Gasteiger partial charge in [-0.25, -0.2) is 5.43 Å². The average molecular weight is 603 g/mol. The number of carbonyl (C=O) groups is 3. The molecule has 222 valence electrons. The highest BCUT2D eigenvalue weighted by Gasteiger charge is 2.47. The molecule has 1 N–H and O–H groups in total. The molecule has 3 aromatic rings. The van der Waals surface area contributed by atoms with Gasteiger partial charge in [0.05, 0.1) is 30.0 Å². The van der Waals surface area contributed by atoms with E-state index in [9.17, 15) is 14.4 Å². The molecule has 43 heavy (non-hydrogen) atoms. The maximum atomic E-state index is 12.8. The van der Waals surface area contributed by atoms with Crippen LogP contribution in [0.1, 0.15) is 43.8 Å². The van der Waals surface area contributed by atoms with Crippen molar-refractivity contribution in [3.05, 3.63) is 82.7 Å². The number of oxime groups is 1. The first-order chi connectivity index (χ1) is 20.7. The van der Waals surface area contributed by atoms with Crippen LogP contribution in [0.3, 0.4) is 0 Å². The Labute approximate surface area is 252 Å². The highest BCUT2D eigenvalue weighted by atomic mass is 32.2. The zero-order valence-electron chi connectivity index (χ0n) is 24.1. The molecule has 2 unspecified atom stereocenters. The molecule has 0 aliphatic carbocycles. The van der Waals surface area contributed by atoms with E-state index in [4.69, 9.17) is 9.68 Å². The summed E-state index contributed by atoms with van der Waals surface area (Å²) >= 11 is 1.40. The lowest BCUT2D eigenvalue weighted by molar-refractivity contribution is -0.121. The summed E-state index contributed by atoms with van der Waals surface area (Å²) in [5.74, 6) is -0.763.